The number of likely N-dealkylation sites (N-methyl/N-ethyl adjacent to an activating group) is 1. The average molecular weight is 387 g/mol. The monoisotopic (exact) mass is 386 g/mol. The van der Waals surface area contributed by atoms with Gasteiger partial charge in [0.05, 0.1) is 0 Å². The van der Waals surface area contributed by atoms with Crippen LogP contribution in [0.15, 0.2) is 18.2 Å². The normalized spacial score (nSPS) is 15.7. The van der Waals surface area contributed by atoms with E-state index in [4.69, 9.17) is 0 Å². The second kappa shape index (κ2) is 9.85. The van der Waals surface area contributed by atoms with Crippen LogP contribution in [-0.2, 0) is 9.59 Å². The van der Waals surface area contributed by atoms with Crippen LogP contribution in [0.5, 0.6) is 0 Å². The SMILES string of the molecule is CCN(CC)C(=O)C1(NC(=O)CCC(=O)c2cc(C)ccc2C)CCCCC1. The molecule has 0 heterocycles. The van der Waals surface area contributed by atoms with Crippen molar-refractivity contribution >= 4 is 17.6 Å². The van der Waals surface area contributed by atoms with Gasteiger partial charge in [0, 0.05) is 31.5 Å². The number of hydrogen-bond acceptors (Lipinski definition) is 3. The van der Waals surface area contributed by atoms with Crippen LogP contribution in [0.1, 0.15) is 80.3 Å². The molecule has 0 radical (unpaired) electrons. The molecule has 1 aromatic carbocycles. The van der Waals surface area contributed by atoms with Gasteiger partial charge >= 0.3 is 0 Å². The zero-order valence-electron chi connectivity index (χ0n) is 17.8. The summed E-state index contributed by atoms with van der Waals surface area (Å²) in [6, 6.07) is 5.79. The summed E-state index contributed by atoms with van der Waals surface area (Å²) in [4.78, 5) is 40.1. The number of aryl methyl sites for hydroxylation is 2. The third-order valence-corrected chi connectivity index (χ3v) is 5.82. The van der Waals surface area contributed by atoms with Crippen LogP contribution >= 0.6 is 0 Å². The molecule has 0 bridgehead atoms. The molecule has 5 heteroatoms. The number of amides is 2. The highest BCUT2D eigenvalue weighted by Gasteiger charge is 2.42. The summed E-state index contributed by atoms with van der Waals surface area (Å²) < 4.78 is 0. The molecule has 0 saturated heterocycles. The molecule has 154 valence electrons. The zero-order valence-corrected chi connectivity index (χ0v) is 17.8. The molecule has 0 spiro atoms. The minimum atomic E-state index is -0.802. The summed E-state index contributed by atoms with van der Waals surface area (Å²) in [6.45, 7) is 9.06. The quantitative estimate of drug-likeness (QED) is 0.688. The molecule has 1 aromatic rings. The van der Waals surface area contributed by atoms with Crippen LogP contribution in [0.4, 0.5) is 0 Å². The lowest BCUT2D eigenvalue weighted by atomic mass is 9.80. The highest BCUT2D eigenvalue weighted by molar-refractivity contribution is 6.00. The number of carbonyl (C=O) groups is 3. The van der Waals surface area contributed by atoms with E-state index < -0.39 is 5.54 Å². The third-order valence-electron chi connectivity index (χ3n) is 5.82. The molecular weight excluding hydrogens is 352 g/mol. The summed E-state index contributed by atoms with van der Waals surface area (Å²) >= 11 is 0. The van der Waals surface area contributed by atoms with Gasteiger partial charge in [-0.15, -0.1) is 0 Å². The maximum atomic E-state index is 13.1. The van der Waals surface area contributed by atoms with Gasteiger partial charge in [-0.2, -0.15) is 0 Å². The van der Waals surface area contributed by atoms with Crippen molar-refractivity contribution in [1.29, 1.82) is 0 Å². The molecule has 5 nitrogen and oxygen atoms in total. The van der Waals surface area contributed by atoms with E-state index in [1.165, 1.54) is 0 Å². The van der Waals surface area contributed by atoms with Gasteiger partial charge in [-0.1, -0.05) is 37.0 Å². The molecule has 2 rings (SSSR count). The minimum absolute atomic E-state index is 0.0198. The van der Waals surface area contributed by atoms with E-state index in [0.717, 1.165) is 30.4 Å². The summed E-state index contributed by atoms with van der Waals surface area (Å²) in [7, 11) is 0. The van der Waals surface area contributed by atoms with Crippen LogP contribution in [-0.4, -0.2) is 41.1 Å². The molecule has 2 amide bonds. The number of ketones is 1. The first-order valence-corrected chi connectivity index (χ1v) is 10.5. The first-order chi connectivity index (χ1) is 13.3. The largest absolute Gasteiger partial charge is 0.342 e. The van der Waals surface area contributed by atoms with Crippen molar-refractivity contribution in [2.75, 3.05) is 13.1 Å². The Hall–Kier alpha value is -2.17. The maximum Gasteiger partial charge on any atom is 0.248 e. The van der Waals surface area contributed by atoms with Gasteiger partial charge in [0.1, 0.15) is 5.54 Å². The van der Waals surface area contributed by atoms with Gasteiger partial charge < -0.3 is 10.2 Å². The lowest BCUT2D eigenvalue weighted by molar-refractivity contribution is -0.143. The Bertz CT molecular complexity index is 717. The fourth-order valence-electron chi connectivity index (χ4n) is 4.09. The van der Waals surface area contributed by atoms with E-state index in [9.17, 15) is 14.4 Å². The highest BCUT2D eigenvalue weighted by atomic mass is 16.2. The van der Waals surface area contributed by atoms with Crippen LogP contribution in [0.25, 0.3) is 0 Å². The Labute approximate surface area is 168 Å². The minimum Gasteiger partial charge on any atom is -0.342 e. The van der Waals surface area contributed by atoms with Crippen molar-refractivity contribution in [3.8, 4) is 0 Å². The Balaban J connectivity index is 2.04. The van der Waals surface area contributed by atoms with E-state index in [0.29, 0.717) is 31.5 Å². The second-order valence-electron chi connectivity index (χ2n) is 7.91. The zero-order chi connectivity index (χ0) is 20.7. The molecule has 28 heavy (non-hydrogen) atoms. The molecule has 1 N–H and O–H groups in total. The standard InChI is InChI=1S/C23H34N2O3/c1-5-25(6-2)22(28)23(14-8-7-9-15-23)24-21(27)13-12-20(26)19-16-17(3)10-11-18(19)4/h10-11,16H,5-9,12-15H2,1-4H3,(H,24,27). The van der Waals surface area contributed by atoms with Crippen molar-refractivity contribution in [2.45, 2.75) is 78.2 Å². The van der Waals surface area contributed by atoms with Gasteiger partial charge in [-0.3, -0.25) is 14.4 Å². The highest BCUT2D eigenvalue weighted by Crippen LogP contribution is 2.30. The number of rotatable bonds is 8. The van der Waals surface area contributed by atoms with Gasteiger partial charge in [0.2, 0.25) is 11.8 Å². The van der Waals surface area contributed by atoms with Gasteiger partial charge in [-0.05, 0) is 52.2 Å². The second-order valence-corrected chi connectivity index (χ2v) is 7.91. The average Bonchev–Trinajstić information content (AvgIpc) is 2.69. The van der Waals surface area contributed by atoms with Crippen LogP contribution in [0.3, 0.4) is 0 Å². The van der Waals surface area contributed by atoms with Crippen molar-refractivity contribution in [1.82, 2.24) is 10.2 Å². The predicted molar refractivity (Wildman–Crippen MR) is 111 cm³/mol. The van der Waals surface area contributed by atoms with E-state index in [1.54, 1.807) is 4.90 Å². The van der Waals surface area contributed by atoms with Crippen molar-refractivity contribution < 1.29 is 14.4 Å². The molecule has 1 fully saturated rings. The van der Waals surface area contributed by atoms with Crippen LogP contribution < -0.4 is 5.32 Å². The number of hydrogen-bond donors (Lipinski definition) is 1. The number of Topliss-reactive ketones (excluding diaryl/α,β-unsaturated/α-hetero) is 1. The Morgan fingerprint density at radius 2 is 1.64 bits per heavy atom. The molecule has 1 aliphatic carbocycles. The van der Waals surface area contributed by atoms with Gasteiger partial charge in [0.25, 0.3) is 0 Å². The number of nitrogens with zero attached hydrogens (tertiary/aromatic N) is 1. The lowest BCUT2D eigenvalue weighted by Gasteiger charge is -2.40. The smallest absolute Gasteiger partial charge is 0.248 e. The lowest BCUT2D eigenvalue weighted by Crippen LogP contribution is -2.60. The van der Waals surface area contributed by atoms with Crippen LogP contribution in [0, 0.1) is 13.8 Å². The van der Waals surface area contributed by atoms with E-state index in [1.807, 2.05) is 45.9 Å². The third kappa shape index (κ3) is 5.21. The number of benzene rings is 1. The fourth-order valence-corrected chi connectivity index (χ4v) is 4.09. The maximum absolute atomic E-state index is 13.1. The molecule has 0 aromatic heterocycles. The summed E-state index contributed by atoms with van der Waals surface area (Å²) in [5.74, 6) is -0.211. The molecular formula is C23H34N2O3. The van der Waals surface area contributed by atoms with E-state index in [2.05, 4.69) is 5.32 Å². The predicted octanol–water partition coefficient (Wildman–Crippen LogP) is 3.95. The van der Waals surface area contributed by atoms with Gasteiger partial charge in [-0.25, -0.2) is 0 Å². The Morgan fingerprint density at radius 3 is 2.25 bits per heavy atom. The van der Waals surface area contributed by atoms with E-state index >= 15 is 0 Å². The Morgan fingerprint density at radius 1 is 1.00 bits per heavy atom. The van der Waals surface area contributed by atoms with Gasteiger partial charge in [0.15, 0.2) is 5.78 Å². The first kappa shape index (κ1) is 22.1. The summed E-state index contributed by atoms with van der Waals surface area (Å²) in [5, 5.41) is 3.03. The molecule has 0 unspecified atom stereocenters. The summed E-state index contributed by atoms with van der Waals surface area (Å²) in [5.41, 5.74) is 1.84. The number of nitrogens with one attached hydrogen (secondary N) is 1. The fraction of sp³-hybridized carbons (Fsp3) is 0.609. The molecule has 0 atom stereocenters. The molecule has 1 aliphatic rings. The van der Waals surface area contributed by atoms with Crippen molar-refractivity contribution in [2.24, 2.45) is 0 Å². The number of carbonyl (C=O) groups excluding carboxylic acids is 3. The Kier molecular flexibility index (Phi) is 7.78. The topological polar surface area (TPSA) is 66.5 Å². The molecule has 0 aliphatic heterocycles. The first-order valence-electron chi connectivity index (χ1n) is 10.5. The summed E-state index contributed by atoms with van der Waals surface area (Å²) in [6.07, 6.45) is 4.60. The van der Waals surface area contributed by atoms with Crippen LogP contribution in [0.2, 0.25) is 0 Å². The van der Waals surface area contributed by atoms with Crippen molar-refractivity contribution in [3.05, 3.63) is 34.9 Å². The van der Waals surface area contributed by atoms with Crippen molar-refractivity contribution in [3.63, 3.8) is 0 Å². The van der Waals surface area contributed by atoms with E-state index in [-0.39, 0.29) is 30.4 Å². The molecule has 1 saturated carbocycles.